The van der Waals surface area contributed by atoms with Crippen molar-refractivity contribution >= 4 is 5.91 Å². The zero-order chi connectivity index (χ0) is 15.3. The number of hydrogen-bond acceptors (Lipinski definition) is 3. The van der Waals surface area contributed by atoms with E-state index in [-0.39, 0.29) is 12.5 Å². The van der Waals surface area contributed by atoms with Crippen LogP contribution in [0.3, 0.4) is 0 Å². The van der Waals surface area contributed by atoms with Crippen LogP contribution in [0.25, 0.3) is 0 Å². The van der Waals surface area contributed by atoms with Gasteiger partial charge in [0.25, 0.3) is 5.91 Å². The van der Waals surface area contributed by atoms with E-state index in [0.717, 1.165) is 0 Å². The Hall–Kier alpha value is -1.69. The number of carbonyl (C=O) groups excluding carboxylic acids is 1. The minimum absolute atomic E-state index is 0.158. The fourth-order valence-corrected chi connectivity index (χ4v) is 1.77. The number of hydrogen-bond donors (Lipinski definition) is 2. The first-order valence-electron chi connectivity index (χ1n) is 6.58. The summed E-state index contributed by atoms with van der Waals surface area (Å²) in [5.41, 5.74) is 11.3. The Balaban J connectivity index is 2.97. The molecule has 2 unspecified atom stereocenters. The van der Waals surface area contributed by atoms with Crippen LogP contribution in [0.5, 0.6) is 5.75 Å². The van der Waals surface area contributed by atoms with Crippen LogP contribution in [-0.2, 0) is 11.2 Å². The molecule has 1 rings (SSSR count). The van der Waals surface area contributed by atoms with Gasteiger partial charge in [-0.3, -0.25) is 4.79 Å². The maximum absolute atomic E-state index is 13.9. The van der Waals surface area contributed by atoms with Crippen molar-refractivity contribution in [3.63, 3.8) is 0 Å². The second-order valence-electron chi connectivity index (χ2n) is 4.68. The van der Waals surface area contributed by atoms with E-state index >= 15 is 0 Å². The first-order valence-corrected chi connectivity index (χ1v) is 6.58. The molecule has 2 atom stereocenters. The highest BCUT2D eigenvalue weighted by Gasteiger charge is 2.21. The second-order valence-corrected chi connectivity index (χ2v) is 4.68. The molecule has 0 aromatic heterocycles. The minimum atomic E-state index is -1.05. The summed E-state index contributed by atoms with van der Waals surface area (Å²) < 4.78 is 32.8. The van der Waals surface area contributed by atoms with Crippen LogP contribution in [0, 0.1) is 11.6 Å². The van der Waals surface area contributed by atoms with Gasteiger partial charge in [0.05, 0.1) is 0 Å². The Morgan fingerprint density at radius 2 is 1.80 bits per heavy atom. The van der Waals surface area contributed by atoms with Gasteiger partial charge in [-0.1, -0.05) is 13.8 Å². The zero-order valence-electron chi connectivity index (χ0n) is 11.7. The van der Waals surface area contributed by atoms with E-state index in [1.807, 2.05) is 6.92 Å². The van der Waals surface area contributed by atoms with E-state index in [0.29, 0.717) is 18.4 Å². The summed E-state index contributed by atoms with van der Waals surface area (Å²) in [6.07, 6.45) is 0.262. The van der Waals surface area contributed by atoms with Gasteiger partial charge in [-0.25, -0.2) is 8.78 Å². The smallest absolute Gasteiger partial charge is 0.258 e. The third kappa shape index (κ3) is 4.16. The molecule has 0 saturated carbocycles. The number of primary amides is 1. The summed E-state index contributed by atoms with van der Waals surface area (Å²) in [7, 11) is 0. The molecule has 4 nitrogen and oxygen atoms in total. The molecule has 6 heteroatoms. The Labute approximate surface area is 117 Å². The summed E-state index contributed by atoms with van der Waals surface area (Å²) in [5.74, 6) is -3.06. The first-order chi connectivity index (χ1) is 9.38. The molecule has 1 aromatic carbocycles. The second kappa shape index (κ2) is 7.19. The van der Waals surface area contributed by atoms with E-state index < -0.39 is 29.4 Å². The molecule has 1 amide bonds. The van der Waals surface area contributed by atoms with Crippen LogP contribution in [0.4, 0.5) is 8.78 Å². The Bertz CT molecular complexity index is 457. The van der Waals surface area contributed by atoms with E-state index in [1.165, 1.54) is 12.1 Å². The quantitative estimate of drug-likeness (QED) is 0.803. The van der Waals surface area contributed by atoms with Crippen molar-refractivity contribution in [2.45, 2.75) is 45.3 Å². The standard InChI is InChI=1S/C14H20F2N2O2/c1-3-9(17)5-8-6-10(15)13(11(16)7-8)20-12(4-2)14(18)19/h6-7,9,12H,3-5,17H2,1-2H3,(H2,18,19). The highest BCUT2D eigenvalue weighted by molar-refractivity contribution is 5.79. The van der Waals surface area contributed by atoms with Gasteiger partial charge >= 0.3 is 0 Å². The zero-order valence-corrected chi connectivity index (χ0v) is 11.7. The topological polar surface area (TPSA) is 78.3 Å². The van der Waals surface area contributed by atoms with Gasteiger partial charge in [0.15, 0.2) is 23.5 Å². The molecule has 1 aromatic rings. The van der Waals surface area contributed by atoms with E-state index in [9.17, 15) is 13.6 Å². The Kier molecular flexibility index (Phi) is 5.88. The van der Waals surface area contributed by atoms with Gasteiger partial charge in [-0.05, 0) is 37.0 Å². The maximum atomic E-state index is 13.9. The lowest BCUT2D eigenvalue weighted by Gasteiger charge is -2.16. The fraction of sp³-hybridized carbons (Fsp3) is 0.500. The largest absolute Gasteiger partial charge is 0.474 e. The van der Waals surface area contributed by atoms with Gasteiger partial charge < -0.3 is 16.2 Å². The molecule has 0 heterocycles. The van der Waals surface area contributed by atoms with E-state index in [2.05, 4.69) is 0 Å². The number of carbonyl (C=O) groups is 1. The fourth-order valence-electron chi connectivity index (χ4n) is 1.77. The minimum Gasteiger partial charge on any atom is -0.474 e. The van der Waals surface area contributed by atoms with Crippen LogP contribution < -0.4 is 16.2 Å². The van der Waals surface area contributed by atoms with Crippen molar-refractivity contribution in [3.8, 4) is 5.75 Å². The third-order valence-corrected chi connectivity index (χ3v) is 3.03. The van der Waals surface area contributed by atoms with Crippen molar-refractivity contribution in [3.05, 3.63) is 29.3 Å². The van der Waals surface area contributed by atoms with Crippen molar-refractivity contribution in [2.24, 2.45) is 11.5 Å². The SMILES string of the molecule is CCC(N)Cc1cc(F)c(OC(CC)C(N)=O)c(F)c1. The molecule has 0 aliphatic rings. The summed E-state index contributed by atoms with van der Waals surface area (Å²) >= 11 is 0. The molecule has 0 saturated heterocycles. The van der Waals surface area contributed by atoms with Crippen LogP contribution in [0.1, 0.15) is 32.3 Å². The lowest BCUT2D eigenvalue weighted by Crippen LogP contribution is -2.33. The average Bonchev–Trinajstić information content (AvgIpc) is 2.37. The predicted octanol–water partition coefficient (Wildman–Crippen LogP) is 1.89. The molecule has 4 N–H and O–H groups in total. The van der Waals surface area contributed by atoms with Crippen LogP contribution in [0.2, 0.25) is 0 Å². The lowest BCUT2D eigenvalue weighted by atomic mass is 10.0. The van der Waals surface area contributed by atoms with Crippen molar-refractivity contribution in [2.75, 3.05) is 0 Å². The van der Waals surface area contributed by atoms with Crippen molar-refractivity contribution in [1.29, 1.82) is 0 Å². The lowest BCUT2D eigenvalue weighted by molar-refractivity contribution is -0.124. The molecule has 0 spiro atoms. The number of halogens is 2. The van der Waals surface area contributed by atoms with Gasteiger partial charge in [-0.15, -0.1) is 0 Å². The molecule has 0 radical (unpaired) electrons. The number of amides is 1. The van der Waals surface area contributed by atoms with E-state index in [1.54, 1.807) is 6.92 Å². The molecule has 112 valence electrons. The Morgan fingerprint density at radius 1 is 1.25 bits per heavy atom. The predicted molar refractivity (Wildman–Crippen MR) is 72.2 cm³/mol. The third-order valence-electron chi connectivity index (χ3n) is 3.03. The molecule has 0 aliphatic carbocycles. The molecular formula is C14H20F2N2O2. The van der Waals surface area contributed by atoms with Crippen molar-refractivity contribution in [1.82, 2.24) is 0 Å². The number of rotatable bonds is 7. The van der Waals surface area contributed by atoms with Gasteiger partial charge in [0.2, 0.25) is 0 Å². The Morgan fingerprint density at radius 3 is 2.20 bits per heavy atom. The molecule has 0 bridgehead atoms. The van der Waals surface area contributed by atoms with Gasteiger partial charge in [0, 0.05) is 6.04 Å². The number of ether oxygens (including phenoxy) is 1. The number of benzene rings is 1. The first kappa shape index (κ1) is 16.4. The molecule has 0 fully saturated rings. The van der Waals surface area contributed by atoms with Gasteiger partial charge in [-0.2, -0.15) is 0 Å². The average molecular weight is 286 g/mol. The van der Waals surface area contributed by atoms with Gasteiger partial charge in [0.1, 0.15) is 0 Å². The van der Waals surface area contributed by atoms with Crippen LogP contribution in [0.15, 0.2) is 12.1 Å². The maximum Gasteiger partial charge on any atom is 0.258 e. The highest BCUT2D eigenvalue weighted by atomic mass is 19.1. The summed E-state index contributed by atoms with van der Waals surface area (Å²) in [6.45, 7) is 3.54. The summed E-state index contributed by atoms with van der Waals surface area (Å²) in [4.78, 5) is 11.0. The molecular weight excluding hydrogens is 266 g/mol. The highest BCUT2D eigenvalue weighted by Crippen LogP contribution is 2.25. The van der Waals surface area contributed by atoms with Crippen LogP contribution >= 0.6 is 0 Å². The summed E-state index contributed by atoms with van der Waals surface area (Å²) in [5, 5.41) is 0. The molecule has 20 heavy (non-hydrogen) atoms. The molecule has 0 aliphatic heterocycles. The number of nitrogens with two attached hydrogens (primary N) is 2. The summed E-state index contributed by atoms with van der Waals surface area (Å²) in [6, 6.07) is 2.18. The monoisotopic (exact) mass is 286 g/mol. The normalized spacial score (nSPS) is 13.8. The van der Waals surface area contributed by atoms with Crippen molar-refractivity contribution < 1.29 is 18.3 Å². The van der Waals surface area contributed by atoms with E-state index in [4.69, 9.17) is 16.2 Å². The van der Waals surface area contributed by atoms with Crippen LogP contribution in [-0.4, -0.2) is 18.1 Å².